The van der Waals surface area contributed by atoms with E-state index < -0.39 is 16.2 Å². The molecule has 1 aliphatic heterocycles. The van der Waals surface area contributed by atoms with Crippen LogP contribution in [-0.4, -0.2) is 70.0 Å². The summed E-state index contributed by atoms with van der Waals surface area (Å²) in [7, 11) is -0.767. The minimum Gasteiger partial charge on any atom is -0.469 e. The van der Waals surface area contributed by atoms with Crippen molar-refractivity contribution in [2.75, 3.05) is 47.0 Å². The van der Waals surface area contributed by atoms with Gasteiger partial charge in [0.2, 0.25) is 0 Å². The highest BCUT2D eigenvalue weighted by Crippen LogP contribution is 2.10. The van der Waals surface area contributed by atoms with Crippen LogP contribution < -0.4 is 0 Å². The number of ether oxygens (including phenoxy) is 2. The van der Waals surface area contributed by atoms with E-state index in [0.29, 0.717) is 32.7 Å². The van der Waals surface area contributed by atoms with Crippen LogP contribution in [0.2, 0.25) is 0 Å². The largest absolute Gasteiger partial charge is 0.469 e. The summed E-state index contributed by atoms with van der Waals surface area (Å²) in [4.78, 5) is 11.0. The molecule has 0 bridgehead atoms. The summed E-state index contributed by atoms with van der Waals surface area (Å²) in [6, 6.07) is 0. The number of carbonyl (C=O) groups excluding carboxylic acids is 1. The summed E-state index contributed by atoms with van der Waals surface area (Å²) in [6.45, 7) is 1.91. The van der Waals surface area contributed by atoms with Gasteiger partial charge in [-0.05, 0) is 6.42 Å². The van der Waals surface area contributed by atoms with E-state index >= 15 is 0 Å². The molecule has 0 aromatic carbocycles. The molecule has 1 rings (SSSR count). The number of rotatable bonds is 5. The SMILES string of the molecule is COC(=O)CCN(C)S(=O)(=O)N1CCCOCC1. The highest BCUT2D eigenvalue weighted by molar-refractivity contribution is 7.86. The van der Waals surface area contributed by atoms with Crippen LogP contribution >= 0.6 is 0 Å². The van der Waals surface area contributed by atoms with Crippen molar-refractivity contribution in [3.05, 3.63) is 0 Å². The molecule has 0 saturated carbocycles. The Bertz CT molecular complexity index is 362. The lowest BCUT2D eigenvalue weighted by Crippen LogP contribution is -2.43. The zero-order chi connectivity index (χ0) is 13.6. The molecule has 0 amide bonds. The molecule has 0 aromatic heterocycles. The van der Waals surface area contributed by atoms with Crippen molar-refractivity contribution < 1.29 is 22.7 Å². The first kappa shape index (κ1) is 15.4. The van der Waals surface area contributed by atoms with Gasteiger partial charge in [0.25, 0.3) is 10.2 Å². The van der Waals surface area contributed by atoms with E-state index in [-0.39, 0.29) is 13.0 Å². The molecule has 106 valence electrons. The van der Waals surface area contributed by atoms with Crippen LogP contribution in [0.3, 0.4) is 0 Å². The Balaban J connectivity index is 2.57. The van der Waals surface area contributed by atoms with Gasteiger partial charge >= 0.3 is 5.97 Å². The lowest BCUT2D eigenvalue weighted by molar-refractivity contribution is -0.140. The third-order valence-electron chi connectivity index (χ3n) is 2.76. The lowest BCUT2D eigenvalue weighted by Gasteiger charge is -2.25. The van der Waals surface area contributed by atoms with Crippen molar-refractivity contribution in [1.29, 1.82) is 0 Å². The van der Waals surface area contributed by atoms with Gasteiger partial charge < -0.3 is 9.47 Å². The van der Waals surface area contributed by atoms with E-state index in [1.165, 1.54) is 22.8 Å². The Hall–Kier alpha value is -0.700. The van der Waals surface area contributed by atoms with Crippen LogP contribution in [-0.2, 0) is 24.5 Å². The Labute approximate surface area is 108 Å². The Morgan fingerprint density at radius 3 is 2.78 bits per heavy atom. The second kappa shape index (κ2) is 7.03. The molecule has 1 aliphatic rings. The third-order valence-corrected chi connectivity index (χ3v) is 4.75. The molecular formula is C10H20N2O5S. The highest BCUT2D eigenvalue weighted by Gasteiger charge is 2.27. The van der Waals surface area contributed by atoms with Crippen LogP contribution in [0.5, 0.6) is 0 Å². The Morgan fingerprint density at radius 1 is 1.39 bits per heavy atom. The van der Waals surface area contributed by atoms with E-state index in [2.05, 4.69) is 4.74 Å². The molecule has 0 aromatic rings. The zero-order valence-corrected chi connectivity index (χ0v) is 11.6. The number of methoxy groups -OCH3 is 1. The molecule has 0 unspecified atom stereocenters. The second-order valence-corrected chi connectivity index (χ2v) is 6.06. The monoisotopic (exact) mass is 280 g/mol. The molecule has 7 nitrogen and oxygen atoms in total. The predicted octanol–water partition coefficient (Wildman–Crippen LogP) is -0.552. The number of esters is 1. The zero-order valence-electron chi connectivity index (χ0n) is 10.8. The number of hydrogen-bond donors (Lipinski definition) is 0. The smallest absolute Gasteiger partial charge is 0.306 e. The first-order valence-electron chi connectivity index (χ1n) is 5.84. The van der Waals surface area contributed by atoms with Crippen LogP contribution in [0.1, 0.15) is 12.8 Å². The summed E-state index contributed by atoms with van der Waals surface area (Å²) >= 11 is 0. The quantitative estimate of drug-likeness (QED) is 0.632. The maximum Gasteiger partial charge on any atom is 0.306 e. The van der Waals surface area contributed by atoms with Crippen LogP contribution in [0.4, 0.5) is 0 Å². The minimum atomic E-state index is -3.51. The number of carbonyl (C=O) groups is 1. The molecule has 0 radical (unpaired) electrons. The average molecular weight is 280 g/mol. The predicted molar refractivity (Wildman–Crippen MR) is 65.2 cm³/mol. The first-order valence-corrected chi connectivity index (χ1v) is 7.24. The first-order chi connectivity index (χ1) is 8.48. The van der Waals surface area contributed by atoms with Crippen molar-refractivity contribution in [3.8, 4) is 0 Å². The van der Waals surface area contributed by atoms with E-state index in [1.54, 1.807) is 0 Å². The summed E-state index contributed by atoms with van der Waals surface area (Å²) in [5, 5.41) is 0. The standard InChI is InChI=1S/C10H20N2O5S/c1-11(6-4-10(13)16-2)18(14,15)12-5-3-8-17-9-7-12/h3-9H2,1-2H3. The van der Waals surface area contributed by atoms with Crippen LogP contribution in [0, 0.1) is 0 Å². The number of hydrogen-bond acceptors (Lipinski definition) is 5. The maximum atomic E-state index is 12.2. The fraction of sp³-hybridized carbons (Fsp3) is 0.900. The molecule has 0 aliphatic carbocycles. The van der Waals surface area contributed by atoms with Crippen molar-refractivity contribution in [3.63, 3.8) is 0 Å². The van der Waals surface area contributed by atoms with E-state index in [0.717, 1.165) is 0 Å². The molecule has 0 atom stereocenters. The molecular weight excluding hydrogens is 260 g/mol. The molecule has 0 spiro atoms. The van der Waals surface area contributed by atoms with E-state index in [1.807, 2.05) is 0 Å². The van der Waals surface area contributed by atoms with Crippen molar-refractivity contribution in [1.82, 2.24) is 8.61 Å². The van der Waals surface area contributed by atoms with E-state index in [4.69, 9.17) is 4.74 Å². The molecule has 8 heteroatoms. The molecule has 1 saturated heterocycles. The third kappa shape index (κ3) is 4.20. The summed E-state index contributed by atoms with van der Waals surface area (Å²) in [5.74, 6) is -0.420. The van der Waals surface area contributed by atoms with Crippen LogP contribution in [0.25, 0.3) is 0 Å². The van der Waals surface area contributed by atoms with Gasteiger partial charge in [-0.2, -0.15) is 17.0 Å². The van der Waals surface area contributed by atoms with Gasteiger partial charge in [-0.25, -0.2) is 0 Å². The van der Waals surface area contributed by atoms with E-state index in [9.17, 15) is 13.2 Å². The molecule has 18 heavy (non-hydrogen) atoms. The van der Waals surface area contributed by atoms with Gasteiger partial charge in [0, 0.05) is 33.3 Å². The van der Waals surface area contributed by atoms with Gasteiger partial charge in [0.15, 0.2) is 0 Å². The minimum absolute atomic E-state index is 0.0522. The Kier molecular flexibility index (Phi) is 6.00. The van der Waals surface area contributed by atoms with Gasteiger partial charge in [0.1, 0.15) is 0 Å². The topological polar surface area (TPSA) is 76.2 Å². The highest BCUT2D eigenvalue weighted by atomic mass is 32.2. The molecule has 0 N–H and O–H groups in total. The summed E-state index contributed by atoms with van der Waals surface area (Å²) < 4.78 is 36.6. The van der Waals surface area contributed by atoms with Gasteiger partial charge in [-0.3, -0.25) is 4.79 Å². The maximum absolute atomic E-state index is 12.2. The fourth-order valence-corrected chi connectivity index (χ4v) is 3.00. The van der Waals surface area contributed by atoms with Gasteiger partial charge in [0.05, 0.1) is 20.1 Å². The Morgan fingerprint density at radius 2 is 2.11 bits per heavy atom. The fourth-order valence-electron chi connectivity index (χ4n) is 1.62. The summed E-state index contributed by atoms with van der Waals surface area (Å²) in [5.41, 5.74) is 0. The van der Waals surface area contributed by atoms with Crippen molar-refractivity contribution >= 4 is 16.2 Å². The van der Waals surface area contributed by atoms with Crippen molar-refractivity contribution in [2.24, 2.45) is 0 Å². The lowest BCUT2D eigenvalue weighted by atomic mass is 10.4. The van der Waals surface area contributed by atoms with Gasteiger partial charge in [-0.15, -0.1) is 0 Å². The van der Waals surface area contributed by atoms with Crippen LogP contribution in [0.15, 0.2) is 0 Å². The molecule has 1 heterocycles. The molecule has 1 fully saturated rings. The van der Waals surface area contributed by atoms with Crippen molar-refractivity contribution in [2.45, 2.75) is 12.8 Å². The second-order valence-electron chi connectivity index (χ2n) is 4.02. The normalized spacial score (nSPS) is 18.6. The summed E-state index contributed by atoms with van der Waals surface area (Å²) in [6.07, 6.45) is 0.737. The van der Waals surface area contributed by atoms with Gasteiger partial charge in [-0.1, -0.05) is 0 Å². The average Bonchev–Trinajstić information content (AvgIpc) is 2.64. The number of nitrogens with zero attached hydrogens (tertiary/aromatic N) is 2.